The van der Waals surface area contributed by atoms with Crippen molar-refractivity contribution >= 4 is 33.9 Å². The summed E-state index contributed by atoms with van der Waals surface area (Å²) in [6.45, 7) is 2.89. The van der Waals surface area contributed by atoms with Crippen LogP contribution in [0.1, 0.15) is 25.3 Å². The summed E-state index contributed by atoms with van der Waals surface area (Å²) in [5.41, 5.74) is 8.30. The van der Waals surface area contributed by atoms with E-state index in [9.17, 15) is 0 Å². The first-order valence-electron chi connectivity index (χ1n) is 6.63. The Balaban J connectivity index is 0.00000200. The summed E-state index contributed by atoms with van der Waals surface area (Å²) in [5.74, 6) is 1.92. The van der Waals surface area contributed by atoms with Crippen molar-refractivity contribution in [3.63, 3.8) is 0 Å². The molecule has 0 atom stereocenters. The zero-order chi connectivity index (χ0) is 13.5. The average molecular weight is 357 g/mol. The van der Waals surface area contributed by atoms with Gasteiger partial charge in [-0.1, -0.05) is 30.8 Å². The second kappa shape index (κ2) is 9.08. The Morgan fingerprint density at radius 3 is 2.60 bits per heavy atom. The van der Waals surface area contributed by atoms with Crippen LogP contribution in [0.2, 0.25) is 0 Å². The molecule has 5 heteroatoms. The molecule has 0 fully saturated rings. The van der Waals surface area contributed by atoms with E-state index in [-0.39, 0.29) is 17.0 Å². The molecule has 2 N–H and O–H groups in total. The minimum absolute atomic E-state index is 0. The molecule has 1 heterocycles. The van der Waals surface area contributed by atoms with Gasteiger partial charge in [-0.3, -0.25) is 0 Å². The summed E-state index contributed by atoms with van der Waals surface area (Å²) in [4.78, 5) is 4.15. The van der Waals surface area contributed by atoms with Crippen LogP contribution in [0.4, 0.5) is 0 Å². The number of nitrogens with two attached hydrogens (primary N) is 1. The smallest absolute Gasteiger partial charge is 0.158 e. The summed E-state index contributed by atoms with van der Waals surface area (Å²) in [6.07, 6.45) is 5.02. The number of amidine groups is 1. The molecule has 20 heavy (non-hydrogen) atoms. The number of hydrogen-bond acceptors (Lipinski definition) is 4. The summed E-state index contributed by atoms with van der Waals surface area (Å²) < 4.78 is 5.57. The second-order valence-electron chi connectivity index (χ2n) is 4.54. The third-order valence-electron chi connectivity index (χ3n) is 2.91. The van der Waals surface area contributed by atoms with Gasteiger partial charge >= 0.3 is 0 Å². The zero-order valence-corrected chi connectivity index (χ0v) is 14.2. The van der Waals surface area contributed by atoms with E-state index in [2.05, 4.69) is 24.0 Å². The van der Waals surface area contributed by atoms with Crippen LogP contribution in [-0.2, 0) is 6.42 Å². The van der Waals surface area contributed by atoms with Crippen LogP contribution < -0.4 is 10.5 Å². The van der Waals surface area contributed by atoms with Gasteiger partial charge in [0, 0.05) is 12.0 Å². The molecule has 0 unspecified atom stereocenters. The van der Waals surface area contributed by atoms with E-state index in [1.54, 1.807) is 11.8 Å². The lowest BCUT2D eigenvalue weighted by atomic mass is 10.1. The Bertz CT molecular complexity index is 471. The van der Waals surface area contributed by atoms with Gasteiger partial charge < -0.3 is 10.5 Å². The van der Waals surface area contributed by atoms with Gasteiger partial charge in [-0.05, 0) is 42.5 Å². The number of ether oxygens (including phenoxy) is 1. The minimum atomic E-state index is 0. The van der Waals surface area contributed by atoms with E-state index >= 15 is 0 Å². The summed E-state index contributed by atoms with van der Waals surface area (Å²) in [5, 5.41) is 0.668. The van der Waals surface area contributed by atoms with E-state index < -0.39 is 0 Å². The van der Waals surface area contributed by atoms with Crippen molar-refractivity contribution in [2.24, 2.45) is 10.7 Å². The Morgan fingerprint density at radius 1 is 1.25 bits per heavy atom. The SMILES string of the molecule is Br.CCCOc1ccc(CCC2=CN=C(N)SC2)cc1. The number of halogens is 1. The van der Waals surface area contributed by atoms with Crippen LogP contribution in [0.5, 0.6) is 5.75 Å². The van der Waals surface area contributed by atoms with Gasteiger partial charge in [-0.25, -0.2) is 4.99 Å². The number of rotatable bonds is 6. The number of thioether (sulfide) groups is 1. The Hall–Kier alpha value is -0.940. The first kappa shape index (κ1) is 17.1. The van der Waals surface area contributed by atoms with Gasteiger partial charge in [0.1, 0.15) is 5.75 Å². The first-order valence-corrected chi connectivity index (χ1v) is 7.62. The highest BCUT2D eigenvalue weighted by Crippen LogP contribution is 2.20. The predicted molar refractivity (Wildman–Crippen MR) is 93.0 cm³/mol. The zero-order valence-electron chi connectivity index (χ0n) is 11.7. The average Bonchev–Trinajstić information content (AvgIpc) is 2.46. The summed E-state index contributed by atoms with van der Waals surface area (Å²) in [6, 6.07) is 8.37. The van der Waals surface area contributed by atoms with E-state index in [0.29, 0.717) is 5.17 Å². The third kappa shape index (κ3) is 5.59. The molecule has 0 amide bonds. The lowest BCUT2D eigenvalue weighted by Crippen LogP contribution is -2.10. The molecule has 3 nitrogen and oxygen atoms in total. The van der Waals surface area contributed by atoms with Crippen molar-refractivity contribution in [3.05, 3.63) is 41.6 Å². The molecule has 0 aliphatic carbocycles. The third-order valence-corrected chi connectivity index (χ3v) is 3.83. The number of hydrogen-bond donors (Lipinski definition) is 1. The van der Waals surface area contributed by atoms with E-state index in [1.165, 1.54) is 11.1 Å². The Morgan fingerprint density at radius 2 is 2.00 bits per heavy atom. The number of nitrogens with zero attached hydrogens (tertiary/aromatic N) is 1. The first-order chi connectivity index (χ1) is 9.28. The lowest BCUT2D eigenvalue weighted by molar-refractivity contribution is 0.317. The van der Waals surface area contributed by atoms with Crippen molar-refractivity contribution in [2.45, 2.75) is 26.2 Å². The van der Waals surface area contributed by atoms with Crippen LogP contribution in [0.15, 0.2) is 41.0 Å². The summed E-state index contributed by atoms with van der Waals surface area (Å²) >= 11 is 1.61. The summed E-state index contributed by atoms with van der Waals surface area (Å²) in [7, 11) is 0. The van der Waals surface area contributed by atoms with Gasteiger partial charge in [0.2, 0.25) is 0 Å². The maximum absolute atomic E-state index is 5.62. The fourth-order valence-corrected chi connectivity index (χ4v) is 2.49. The maximum Gasteiger partial charge on any atom is 0.158 e. The topological polar surface area (TPSA) is 47.6 Å². The molecule has 0 saturated heterocycles. The van der Waals surface area contributed by atoms with Crippen molar-refractivity contribution in [1.82, 2.24) is 0 Å². The van der Waals surface area contributed by atoms with Gasteiger partial charge in [0.05, 0.1) is 6.61 Å². The van der Waals surface area contributed by atoms with Crippen LogP contribution in [-0.4, -0.2) is 17.5 Å². The molecule has 0 saturated carbocycles. The number of aryl methyl sites for hydroxylation is 1. The van der Waals surface area contributed by atoms with Gasteiger partial charge in [0.25, 0.3) is 0 Å². The molecule has 1 aliphatic heterocycles. The van der Waals surface area contributed by atoms with E-state index in [0.717, 1.165) is 37.4 Å². The Kier molecular flexibility index (Phi) is 7.77. The van der Waals surface area contributed by atoms with Crippen molar-refractivity contribution < 1.29 is 4.74 Å². The molecule has 110 valence electrons. The molecule has 0 spiro atoms. The second-order valence-corrected chi connectivity index (χ2v) is 5.53. The molecule has 1 aliphatic rings. The molecule has 0 radical (unpaired) electrons. The highest BCUT2D eigenvalue weighted by molar-refractivity contribution is 8.93. The van der Waals surface area contributed by atoms with Crippen LogP contribution in [0.25, 0.3) is 0 Å². The molecule has 2 rings (SSSR count). The van der Waals surface area contributed by atoms with Crippen LogP contribution in [0, 0.1) is 0 Å². The van der Waals surface area contributed by atoms with E-state index in [1.807, 2.05) is 18.3 Å². The van der Waals surface area contributed by atoms with Crippen molar-refractivity contribution in [1.29, 1.82) is 0 Å². The molecule has 0 bridgehead atoms. The highest BCUT2D eigenvalue weighted by Gasteiger charge is 2.06. The van der Waals surface area contributed by atoms with Crippen molar-refractivity contribution in [2.75, 3.05) is 12.4 Å². The lowest BCUT2D eigenvalue weighted by Gasteiger charge is -2.11. The number of benzene rings is 1. The van der Waals surface area contributed by atoms with Gasteiger partial charge in [-0.2, -0.15) is 0 Å². The fraction of sp³-hybridized carbons (Fsp3) is 0.400. The van der Waals surface area contributed by atoms with Crippen LogP contribution in [0.3, 0.4) is 0 Å². The van der Waals surface area contributed by atoms with Crippen LogP contribution >= 0.6 is 28.7 Å². The Labute approximate surface area is 135 Å². The standard InChI is InChI=1S/C15H20N2OS.BrH/c1-2-9-18-14-7-5-12(6-8-14)3-4-13-10-17-15(16)19-11-13;/h5-8,10H,2-4,9,11H2,1H3,(H2,16,17);1H. The minimum Gasteiger partial charge on any atom is -0.494 e. The number of aliphatic imine (C=N–C) groups is 1. The monoisotopic (exact) mass is 356 g/mol. The predicted octanol–water partition coefficient (Wildman–Crippen LogP) is 3.93. The normalized spacial score (nSPS) is 14.1. The molecule has 1 aromatic rings. The van der Waals surface area contributed by atoms with Gasteiger partial charge in [-0.15, -0.1) is 17.0 Å². The van der Waals surface area contributed by atoms with Crippen molar-refractivity contribution in [3.8, 4) is 5.75 Å². The molecular weight excluding hydrogens is 336 g/mol. The fourth-order valence-electron chi connectivity index (χ4n) is 1.81. The maximum atomic E-state index is 5.62. The van der Waals surface area contributed by atoms with E-state index in [4.69, 9.17) is 10.5 Å². The quantitative estimate of drug-likeness (QED) is 0.839. The molecule has 0 aromatic heterocycles. The molecular formula is C15H21BrN2OS. The largest absolute Gasteiger partial charge is 0.494 e. The molecule has 1 aromatic carbocycles. The van der Waals surface area contributed by atoms with Gasteiger partial charge in [0.15, 0.2) is 5.17 Å². The highest BCUT2D eigenvalue weighted by atomic mass is 79.9.